The van der Waals surface area contributed by atoms with Crippen LogP contribution in [0.15, 0.2) is 24.3 Å². The van der Waals surface area contributed by atoms with Crippen LogP contribution in [0.25, 0.3) is 0 Å². The Morgan fingerprint density at radius 2 is 0.486 bits per heavy atom. The number of hydrogen-bond donors (Lipinski definition) is 0. The Morgan fingerprint density at radius 1 is 0.270 bits per heavy atom. The van der Waals surface area contributed by atoms with E-state index in [0.717, 1.165) is 70.6 Å². The zero-order valence-electron chi connectivity index (χ0n) is 50.1. The van der Waals surface area contributed by atoms with Crippen LogP contribution >= 0.6 is 0 Å². The van der Waals surface area contributed by atoms with Crippen LogP contribution in [0.4, 0.5) is 0 Å². The Morgan fingerprint density at radius 3 is 0.757 bits per heavy atom. The lowest BCUT2D eigenvalue weighted by Gasteiger charge is -2.18. The number of hydrogen-bond acceptors (Lipinski definition) is 6. The van der Waals surface area contributed by atoms with Crippen LogP contribution in [0.3, 0.4) is 0 Å². The van der Waals surface area contributed by atoms with Crippen molar-refractivity contribution in [3.05, 3.63) is 24.3 Å². The van der Waals surface area contributed by atoms with Gasteiger partial charge in [0.2, 0.25) is 0 Å². The molecule has 0 aliphatic heterocycles. The molecule has 0 N–H and O–H groups in total. The molecule has 6 heteroatoms. The maximum absolute atomic E-state index is 12.9. The number of ether oxygens (including phenoxy) is 3. The van der Waals surface area contributed by atoms with E-state index in [9.17, 15) is 14.4 Å². The van der Waals surface area contributed by atoms with E-state index in [1.165, 1.54) is 263 Å². The zero-order valence-corrected chi connectivity index (χ0v) is 50.1. The highest BCUT2D eigenvalue weighted by Crippen LogP contribution is 2.18. The van der Waals surface area contributed by atoms with Crippen molar-refractivity contribution < 1.29 is 28.6 Å². The minimum atomic E-state index is -0.772. The smallest absolute Gasteiger partial charge is 0.306 e. The van der Waals surface area contributed by atoms with E-state index in [0.29, 0.717) is 19.3 Å². The van der Waals surface area contributed by atoms with Crippen molar-refractivity contribution in [2.75, 3.05) is 13.2 Å². The van der Waals surface area contributed by atoms with Gasteiger partial charge >= 0.3 is 17.9 Å². The molecule has 0 amide bonds. The van der Waals surface area contributed by atoms with Gasteiger partial charge in [0.15, 0.2) is 6.10 Å². The summed E-state index contributed by atoms with van der Waals surface area (Å²) in [7, 11) is 0. The molecular weight excluding hydrogens is 913 g/mol. The largest absolute Gasteiger partial charge is 0.462 e. The Labute approximate surface area is 462 Å². The van der Waals surface area contributed by atoms with Crippen LogP contribution in [0.5, 0.6) is 0 Å². The first-order valence-electron chi connectivity index (χ1n) is 33.3. The Hall–Kier alpha value is -2.11. The molecule has 0 rings (SSSR count). The molecule has 0 aliphatic rings. The standard InChI is InChI=1S/C68H128O6/c1-4-7-10-13-16-19-22-25-28-30-32-33-34-35-36-37-39-40-43-46-49-52-55-58-61-67(70)73-64-65(63-72-66(69)60-57-54-51-48-45-42-27-24-21-18-15-12-9-6-3)74-68(71)62-59-56-53-50-47-44-41-38-31-29-26-23-20-17-14-11-8-5-2/h20,23,29,31,65H,4-19,21-22,24-28,30,32-64H2,1-3H3/b23-20-,31-29-. The molecule has 0 heterocycles. The minimum Gasteiger partial charge on any atom is -0.462 e. The Bertz CT molecular complexity index is 1190. The van der Waals surface area contributed by atoms with Gasteiger partial charge in [-0.3, -0.25) is 14.4 Å². The highest BCUT2D eigenvalue weighted by atomic mass is 16.6. The predicted molar refractivity (Wildman–Crippen MR) is 321 cm³/mol. The van der Waals surface area contributed by atoms with Crippen molar-refractivity contribution in [3.8, 4) is 0 Å². The first-order chi connectivity index (χ1) is 36.5. The average Bonchev–Trinajstić information content (AvgIpc) is 3.40. The zero-order chi connectivity index (χ0) is 53.6. The molecule has 0 radical (unpaired) electrons. The second kappa shape index (κ2) is 63.4. The fraction of sp³-hybridized carbons (Fsp3) is 0.897. The van der Waals surface area contributed by atoms with Crippen molar-refractivity contribution in [3.63, 3.8) is 0 Å². The second-order valence-corrected chi connectivity index (χ2v) is 22.7. The van der Waals surface area contributed by atoms with Gasteiger partial charge in [0, 0.05) is 19.3 Å². The maximum atomic E-state index is 12.9. The summed E-state index contributed by atoms with van der Waals surface area (Å²) in [4.78, 5) is 38.3. The molecular formula is C68H128O6. The molecule has 436 valence electrons. The quantitative estimate of drug-likeness (QED) is 0.0261. The van der Waals surface area contributed by atoms with E-state index < -0.39 is 6.10 Å². The summed E-state index contributed by atoms with van der Waals surface area (Å²) in [6.07, 6.45) is 76.2. The van der Waals surface area contributed by atoms with Gasteiger partial charge in [-0.2, -0.15) is 0 Å². The first-order valence-corrected chi connectivity index (χ1v) is 33.3. The summed E-state index contributed by atoms with van der Waals surface area (Å²) in [5, 5.41) is 0. The molecule has 0 aromatic heterocycles. The number of carbonyl (C=O) groups is 3. The summed E-state index contributed by atoms with van der Waals surface area (Å²) < 4.78 is 17.0. The Kier molecular flexibility index (Phi) is 61.6. The van der Waals surface area contributed by atoms with Crippen molar-refractivity contribution >= 4 is 17.9 Å². The molecule has 0 aliphatic carbocycles. The van der Waals surface area contributed by atoms with Gasteiger partial charge < -0.3 is 14.2 Å². The van der Waals surface area contributed by atoms with E-state index in [2.05, 4.69) is 45.1 Å². The van der Waals surface area contributed by atoms with Gasteiger partial charge in [0.25, 0.3) is 0 Å². The SMILES string of the molecule is CCCCCC/C=C\C/C=C\CCCCCCCCCC(=O)OC(COC(=O)CCCCCCCCCCCCCCCC)COC(=O)CCCCCCCCCCCCCCCCCCCCCCCCCC. The number of carbonyl (C=O) groups excluding carboxylic acids is 3. The van der Waals surface area contributed by atoms with Crippen molar-refractivity contribution in [1.29, 1.82) is 0 Å². The molecule has 0 spiro atoms. The van der Waals surface area contributed by atoms with Crippen LogP contribution in [-0.2, 0) is 28.6 Å². The maximum Gasteiger partial charge on any atom is 0.306 e. The topological polar surface area (TPSA) is 78.9 Å². The van der Waals surface area contributed by atoms with Gasteiger partial charge in [-0.05, 0) is 51.4 Å². The fourth-order valence-corrected chi connectivity index (χ4v) is 10.2. The van der Waals surface area contributed by atoms with E-state index in [1.807, 2.05) is 0 Å². The number of allylic oxidation sites excluding steroid dienone is 4. The lowest BCUT2D eigenvalue weighted by atomic mass is 10.0. The van der Waals surface area contributed by atoms with Crippen molar-refractivity contribution in [1.82, 2.24) is 0 Å². The van der Waals surface area contributed by atoms with Crippen LogP contribution in [0.2, 0.25) is 0 Å². The van der Waals surface area contributed by atoms with Crippen LogP contribution in [0.1, 0.15) is 374 Å². The second-order valence-electron chi connectivity index (χ2n) is 22.7. The molecule has 1 atom stereocenters. The molecule has 0 bridgehead atoms. The van der Waals surface area contributed by atoms with Crippen molar-refractivity contribution in [2.45, 2.75) is 380 Å². The van der Waals surface area contributed by atoms with Gasteiger partial charge in [-0.15, -0.1) is 0 Å². The van der Waals surface area contributed by atoms with Crippen molar-refractivity contribution in [2.24, 2.45) is 0 Å². The van der Waals surface area contributed by atoms with E-state index in [4.69, 9.17) is 14.2 Å². The van der Waals surface area contributed by atoms with Crippen LogP contribution in [-0.4, -0.2) is 37.2 Å². The average molecular weight is 1040 g/mol. The Balaban J connectivity index is 4.25. The minimum absolute atomic E-state index is 0.0683. The third kappa shape index (κ3) is 60.8. The normalized spacial score (nSPS) is 12.1. The van der Waals surface area contributed by atoms with E-state index in [1.54, 1.807) is 0 Å². The number of esters is 3. The van der Waals surface area contributed by atoms with E-state index in [-0.39, 0.29) is 31.1 Å². The molecule has 0 saturated carbocycles. The molecule has 0 fully saturated rings. The summed E-state index contributed by atoms with van der Waals surface area (Å²) in [5.41, 5.74) is 0. The lowest BCUT2D eigenvalue weighted by Crippen LogP contribution is -2.30. The van der Waals surface area contributed by atoms with Gasteiger partial charge in [0.05, 0.1) is 0 Å². The summed E-state index contributed by atoms with van der Waals surface area (Å²) in [6.45, 7) is 6.69. The summed E-state index contributed by atoms with van der Waals surface area (Å²) in [5.74, 6) is -0.847. The molecule has 74 heavy (non-hydrogen) atoms. The van der Waals surface area contributed by atoms with E-state index >= 15 is 0 Å². The summed E-state index contributed by atoms with van der Waals surface area (Å²) in [6, 6.07) is 0. The number of unbranched alkanes of at least 4 members (excludes halogenated alkanes) is 47. The van der Waals surface area contributed by atoms with Gasteiger partial charge in [-0.25, -0.2) is 0 Å². The highest BCUT2D eigenvalue weighted by Gasteiger charge is 2.19. The third-order valence-electron chi connectivity index (χ3n) is 15.2. The highest BCUT2D eigenvalue weighted by molar-refractivity contribution is 5.71. The molecule has 0 aromatic rings. The molecule has 0 aromatic carbocycles. The monoisotopic (exact) mass is 1040 g/mol. The van der Waals surface area contributed by atoms with Gasteiger partial charge in [-0.1, -0.05) is 328 Å². The third-order valence-corrected chi connectivity index (χ3v) is 15.2. The lowest BCUT2D eigenvalue weighted by molar-refractivity contribution is -0.167. The molecule has 6 nitrogen and oxygen atoms in total. The van der Waals surface area contributed by atoms with Crippen LogP contribution in [0, 0.1) is 0 Å². The molecule has 0 saturated heterocycles. The summed E-state index contributed by atoms with van der Waals surface area (Å²) >= 11 is 0. The first kappa shape index (κ1) is 71.9. The van der Waals surface area contributed by atoms with Crippen LogP contribution < -0.4 is 0 Å². The number of rotatable bonds is 62. The van der Waals surface area contributed by atoms with Gasteiger partial charge in [0.1, 0.15) is 13.2 Å². The fourth-order valence-electron chi connectivity index (χ4n) is 10.2. The predicted octanol–water partition coefficient (Wildman–Crippen LogP) is 22.6. The molecule has 1 unspecified atom stereocenters.